The molecule has 4 aromatic heterocycles. The van der Waals surface area contributed by atoms with Crippen LogP contribution in [0.3, 0.4) is 0 Å². The van der Waals surface area contributed by atoms with Gasteiger partial charge < -0.3 is 39.3 Å². The molecule has 76 heavy (non-hydrogen) atoms. The zero-order valence-corrected chi connectivity index (χ0v) is 44.7. The Labute approximate surface area is 442 Å². The maximum Gasteiger partial charge on any atom is 0.279 e. The van der Waals surface area contributed by atoms with Crippen LogP contribution in [0.4, 0.5) is 22.9 Å². The molecule has 1 saturated heterocycles. The highest BCUT2D eigenvalue weighted by Gasteiger charge is 2.34. The second-order valence-corrected chi connectivity index (χ2v) is 20.7. The Morgan fingerprint density at radius 3 is 2.39 bits per heavy atom. The monoisotopic (exact) mass is 1030 g/mol. The van der Waals surface area contributed by atoms with Crippen molar-refractivity contribution in [1.82, 2.24) is 28.2 Å². The SMILES string of the molecule is C=C1C[C@H]2C=Nc3cc(OCCCC(=O)Nc4cn(C)c(C(=O)Cc5cc(C(=O)Nc6cc(C(=O)n7ccc8cc(NC(=O)[C@H](CCCCC)CC(=O)[C@@H](C)C(C)C)ccc87)n(C)c6)n(C)c5)n4)c(C)cc3C(=O)N2C1. The van der Waals surface area contributed by atoms with Gasteiger partial charge in [0.1, 0.15) is 22.9 Å². The normalized spacial score (nSPS) is 14.9. The van der Waals surface area contributed by atoms with Gasteiger partial charge in [-0.2, -0.15) is 0 Å². The molecule has 3 N–H and O–H groups in total. The number of benzene rings is 2. The Bertz CT molecular complexity index is 3290. The van der Waals surface area contributed by atoms with E-state index in [-0.39, 0.29) is 96.3 Å². The number of hydrogen-bond acceptors (Lipinski definition) is 10. The number of aliphatic imine (C=N–C) groups is 1. The van der Waals surface area contributed by atoms with Crippen LogP contribution in [0.15, 0.2) is 90.5 Å². The van der Waals surface area contributed by atoms with E-state index in [1.165, 1.54) is 4.57 Å². The van der Waals surface area contributed by atoms with E-state index in [0.717, 1.165) is 35.8 Å². The lowest BCUT2D eigenvalue weighted by atomic mass is 9.86. The minimum absolute atomic E-state index is 0.0616. The fraction of sp³-hybridized carbons (Fsp3) is 0.397. The average molecular weight is 1030 g/mol. The average Bonchev–Trinajstić information content (AvgIpc) is 4.21. The van der Waals surface area contributed by atoms with Crippen LogP contribution in [-0.2, 0) is 41.9 Å². The number of anilines is 3. The van der Waals surface area contributed by atoms with Gasteiger partial charge in [-0.1, -0.05) is 59.1 Å². The van der Waals surface area contributed by atoms with Crippen molar-refractivity contribution < 1.29 is 38.3 Å². The molecular formula is C58H68N10O8. The Morgan fingerprint density at radius 2 is 1.63 bits per heavy atom. The third-order valence-corrected chi connectivity index (χ3v) is 14.5. The Morgan fingerprint density at radius 1 is 0.855 bits per heavy atom. The zero-order valence-electron chi connectivity index (χ0n) is 44.7. The van der Waals surface area contributed by atoms with Gasteiger partial charge >= 0.3 is 0 Å². The van der Waals surface area contributed by atoms with Crippen LogP contribution in [0, 0.1) is 24.7 Å². The third-order valence-electron chi connectivity index (χ3n) is 14.5. The van der Waals surface area contributed by atoms with E-state index in [9.17, 15) is 33.6 Å². The van der Waals surface area contributed by atoms with Crippen molar-refractivity contribution >= 4 is 81.1 Å². The Hall–Kier alpha value is -8.15. The maximum absolute atomic E-state index is 14.0. The van der Waals surface area contributed by atoms with Crippen molar-refractivity contribution in [2.24, 2.45) is 43.9 Å². The molecular weight excluding hydrogens is 965 g/mol. The fourth-order valence-corrected chi connectivity index (χ4v) is 9.81. The molecule has 4 amide bonds. The maximum atomic E-state index is 14.0. The minimum Gasteiger partial charge on any atom is -0.493 e. The molecule has 8 rings (SSSR count). The highest BCUT2D eigenvalue weighted by atomic mass is 16.5. The van der Waals surface area contributed by atoms with Gasteiger partial charge in [-0.25, -0.2) is 4.98 Å². The highest BCUT2D eigenvalue weighted by Crippen LogP contribution is 2.35. The summed E-state index contributed by atoms with van der Waals surface area (Å²) in [6.45, 7) is 14.7. The Balaban J connectivity index is 0.825. The van der Waals surface area contributed by atoms with Gasteiger partial charge in [0.15, 0.2) is 11.6 Å². The van der Waals surface area contributed by atoms with E-state index in [1.54, 1.807) is 113 Å². The number of aromatic nitrogens is 5. The molecule has 2 aliphatic heterocycles. The van der Waals surface area contributed by atoms with Crippen molar-refractivity contribution in [2.45, 2.75) is 98.4 Å². The summed E-state index contributed by atoms with van der Waals surface area (Å²) in [6, 6.07) is 13.8. The van der Waals surface area contributed by atoms with Crippen LogP contribution in [-0.4, -0.2) is 94.7 Å². The number of nitrogens with one attached hydrogen (secondary N) is 3. The number of rotatable bonds is 22. The minimum atomic E-state index is -0.447. The topological polar surface area (TPSA) is 213 Å². The van der Waals surface area contributed by atoms with Crippen molar-refractivity contribution in [2.75, 3.05) is 29.1 Å². The van der Waals surface area contributed by atoms with Gasteiger partial charge in [0.05, 0.1) is 35.1 Å². The molecule has 0 radical (unpaired) electrons. The van der Waals surface area contributed by atoms with E-state index >= 15 is 0 Å². The standard InChI is InChI=1S/C58H68N10O8/c1-10-11-12-14-40(26-49(69)37(6)34(2)3)55(72)60-41-16-17-46-39(25-41)18-19-67(46)58(75)48-27-42(32-65(48)8)61-56(73)47-23-38(31-64(47)7)24-50(70)54-63-52(33-66(54)9)62-53(71)15-13-20-76-51-28-45-44(22-36(51)5)57(74)68-30-35(4)21-43(68)29-59-45/h16-19,22-23,25,27-29,31-34,37,40,43H,4,10-15,20-21,24,26,30H2,1-3,5-9H3,(H,60,72)(H,61,73)(H,62,71)/t37-,40+,43-/m0/s1. The number of nitrogens with zero attached hydrogens (tertiary/aromatic N) is 7. The molecule has 0 unspecified atom stereocenters. The first kappa shape index (κ1) is 54.1. The van der Waals surface area contributed by atoms with E-state index in [2.05, 4.69) is 39.4 Å². The number of aryl methyl sites for hydroxylation is 4. The van der Waals surface area contributed by atoms with Gasteiger partial charge in [0.25, 0.3) is 17.7 Å². The van der Waals surface area contributed by atoms with Gasteiger partial charge in [0, 0.05) is 107 Å². The number of fused-ring (bicyclic) bond motifs is 3. The second-order valence-electron chi connectivity index (χ2n) is 20.7. The van der Waals surface area contributed by atoms with Crippen LogP contribution in [0.2, 0.25) is 0 Å². The fourth-order valence-electron chi connectivity index (χ4n) is 9.81. The molecule has 2 aliphatic rings. The molecule has 6 heterocycles. The van der Waals surface area contributed by atoms with E-state index in [4.69, 9.17) is 4.74 Å². The van der Waals surface area contributed by atoms with Gasteiger partial charge in [-0.15, -0.1) is 0 Å². The summed E-state index contributed by atoms with van der Waals surface area (Å²) in [6.07, 6.45) is 13.2. The number of amides is 4. The lowest BCUT2D eigenvalue weighted by molar-refractivity contribution is -0.129. The summed E-state index contributed by atoms with van der Waals surface area (Å²) in [5, 5.41) is 9.40. The van der Waals surface area contributed by atoms with Crippen molar-refractivity contribution in [1.29, 1.82) is 0 Å². The van der Waals surface area contributed by atoms with Crippen LogP contribution in [0.1, 0.15) is 132 Å². The molecule has 18 nitrogen and oxygen atoms in total. The first-order chi connectivity index (χ1) is 36.3. The number of carbonyl (C=O) groups is 7. The highest BCUT2D eigenvalue weighted by molar-refractivity contribution is 6.07. The van der Waals surface area contributed by atoms with Gasteiger partial charge in [-0.3, -0.25) is 43.1 Å². The number of Topliss-reactive ketones (excluding diaryl/α,β-unsaturated/α-hetero) is 2. The largest absolute Gasteiger partial charge is 0.493 e. The molecule has 3 atom stereocenters. The first-order valence-electron chi connectivity index (χ1n) is 26.1. The van der Waals surface area contributed by atoms with E-state index < -0.39 is 11.8 Å². The molecule has 0 aliphatic carbocycles. The quantitative estimate of drug-likeness (QED) is 0.0335. The molecule has 0 spiro atoms. The number of carbonyl (C=O) groups excluding carboxylic acids is 7. The van der Waals surface area contributed by atoms with Crippen LogP contribution in [0.5, 0.6) is 5.75 Å². The van der Waals surface area contributed by atoms with E-state index in [0.29, 0.717) is 71.0 Å². The van der Waals surface area contributed by atoms with E-state index in [1.807, 2.05) is 33.8 Å². The number of ketones is 2. The van der Waals surface area contributed by atoms with Crippen LogP contribution < -0.4 is 20.7 Å². The molecule has 0 bridgehead atoms. The second kappa shape index (κ2) is 23.2. The molecule has 18 heteroatoms. The molecule has 6 aromatic rings. The first-order valence-corrected chi connectivity index (χ1v) is 26.1. The van der Waals surface area contributed by atoms with Crippen molar-refractivity contribution in [3.8, 4) is 5.75 Å². The lowest BCUT2D eigenvalue weighted by Crippen LogP contribution is -2.35. The summed E-state index contributed by atoms with van der Waals surface area (Å²) in [5.74, 6) is -1.00. The Kier molecular flexibility index (Phi) is 16.5. The van der Waals surface area contributed by atoms with Crippen LogP contribution >= 0.6 is 0 Å². The number of imidazole rings is 1. The third kappa shape index (κ3) is 12.2. The molecule has 1 fully saturated rings. The smallest absolute Gasteiger partial charge is 0.279 e. The summed E-state index contributed by atoms with van der Waals surface area (Å²) in [4.78, 5) is 105. The summed E-state index contributed by atoms with van der Waals surface area (Å²) in [7, 11) is 5.07. The summed E-state index contributed by atoms with van der Waals surface area (Å²) < 4.78 is 12.3. The molecule has 0 saturated carbocycles. The molecule has 398 valence electrons. The number of hydrogen-bond donors (Lipinski definition) is 3. The number of unbranched alkanes of at least 4 members (excludes halogenated alkanes) is 2. The summed E-state index contributed by atoms with van der Waals surface area (Å²) in [5.41, 5.74) is 5.63. The van der Waals surface area contributed by atoms with Crippen molar-refractivity contribution in [3.63, 3.8) is 0 Å². The van der Waals surface area contributed by atoms with Crippen molar-refractivity contribution in [3.05, 3.63) is 119 Å². The lowest BCUT2D eigenvalue weighted by Gasteiger charge is -2.20. The zero-order chi connectivity index (χ0) is 54.5. The summed E-state index contributed by atoms with van der Waals surface area (Å²) >= 11 is 0. The van der Waals surface area contributed by atoms with Gasteiger partial charge in [-0.05, 0) is 85.7 Å². The number of ether oxygens (including phenoxy) is 1. The predicted molar refractivity (Wildman–Crippen MR) is 293 cm³/mol. The molecule has 2 aromatic carbocycles. The van der Waals surface area contributed by atoms with Crippen LogP contribution in [0.25, 0.3) is 10.9 Å². The van der Waals surface area contributed by atoms with Gasteiger partial charge in [0.2, 0.25) is 17.6 Å². The predicted octanol–water partition coefficient (Wildman–Crippen LogP) is 9.40.